The van der Waals surface area contributed by atoms with Gasteiger partial charge in [-0.05, 0) is 35.9 Å². The lowest BCUT2D eigenvalue weighted by Crippen LogP contribution is -2.23. The van der Waals surface area contributed by atoms with Crippen LogP contribution in [0.5, 0.6) is 5.75 Å². The normalized spacial score (nSPS) is 11.1. The van der Waals surface area contributed by atoms with Gasteiger partial charge in [0.2, 0.25) is 15.9 Å². The van der Waals surface area contributed by atoms with E-state index in [1.54, 1.807) is 0 Å². The van der Waals surface area contributed by atoms with Crippen molar-refractivity contribution < 1.29 is 17.9 Å². The number of nitrogens with zero attached hydrogens (tertiary/aromatic N) is 1. The molecule has 2 aromatic rings. The third kappa shape index (κ3) is 4.96. The van der Waals surface area contributed by atoms with Gasteiger partial charge in [0.1, 0.15) is 5.75 Å². The van der Waals surface area contributed by atoms with E-state index in [-0.39, 0.29) is 17.3 Å². The molecule has 0 radical (unpaired) electrons. The number of ether oxygens (including phenoxy) is 1. The number of hydrogen-bond acceptors (Lipinski definition) is 5. The number of methoxy groups -OCH3 is 1. The van der Waals surface area contributed by atoms with Crippen molar-refractivity contribution in [1.82, 2.24) is 4.72 Å². The number of nitrogens with one attached hydrogen (secondary N) is 2. The summed E-state index contributed by atoms with van der Waals surface area (Å²) in [5.74, 6) is 0.0743. The van der Waals surface area contributed by atoms with Crippen molar-refractivity contribution in [3.05, 3.63) is 48.0 Å². The first-order chi connectivity index (χ1) is 12.2. The van der Waals surface area contributed by atoms with Gasteiger partial charge in [-0.2, -0.15) is 0 Å². The van der Waals surface area contributed by atoms with Gasteiger partial charge in [0, 0.05) is 33.3 Å². The summed E-state index contributed by atoms with van der Waals surface area (Å²) in [5.41, 5.74) is 2.18. The van der Waals surface area contributed by atoms with Gasteiger partial charge in [0.15, 0.2) is 0 Å². The molecule has 0 saturated heterocycles. The molecule has 26 heavy (non-hydrogen) atoms. The van der Waals surface area contributed by atoms with Crippen LogP contribution in [0.4, 0.5) is 11.4 Å². The van der Waals surface area contributed by atoms with E-state index < -0.39 is 10.0 Å². The topological polar surface area (TPSA) is 87.7 Å². The molecule has 0 fully saturated rings. The predicted molar refractivity (Wildman–Crippen MR) is 102 cm³/mol. The van der Waals surface area contributed by atoms with Gasteiger partial charge in [0.25, 0.3) is 0 Å². The average molecular weight is 377 g/mol. The molecular formula is C18H23N3O4S. The van der Waals surface area contributed by atoms with Gasteiger partial charge < -0.3 is 15.0 Å². The van der Waals surface area contributed by atoms with E-state index in [4.69, 9.17) is 4.74 Å². The number of hydrogen-bond donors (Lipinski definition) is 2. The van der Waals surface area contributed by atoms with Crippen LogP contribution in [0.2, 0.25) is 0 Å². The number of amides is 1. The van der Waals surface area contributed by atoms with Crippen molar-refractivity contribution in [2.75, 3.05) is 31.4 Å². The first-order valence-electron chi connectivity index (χ1n) is 7.94. The van der Waals surface area contributed by atoms with Crippen molar-refractivity contribution in [2.45, 2.75) is 18.4 Å². The fraction of sp³-hybridized carbons (Fsp3) is 0.278. The molecule has 8 heteroatoms. The second-order valence-corrected chi connectivity index (χ2v) is 7.70. The lowest BCUT2D eigenvalue weighted by Gasteiger charge is -2.14. The van der Waals surface area contributed by atoms with Gasteiger partial charge in [-0.1, -0.05) is 12.1 Å². The molecule has 0 unspecified atom stereocenters. The fourth-order valence-electron chi connectivity index (χ4n) is 2.32. The predicted octanol–water partition coefficient (Wildman–Crippen LogP) is 2.20. The quantitative estimate of drug-likeness (QED) is 0.772. The van der Waals surface area contributed by atoms with Gasteiger partial charge in [-0.15, -0.1) is 0 Å². The minimum atomic E-state index is -3.74. The van der Waals surface area contributed by atoms with E-state index in [2.05, 4.69) is 10.0 Å². The molecule has 0 spiro atoms. The summed E-state index contributed by atoms with van der Waals surface area (Å²) < 4.78 is 32.8. The van der Waals surface area contributed by atoms with Crippen LogP contribution in [0.1, 0.15) is 12.5 Å². The Labute approximate surface area is 154 Å². The molecule has 0 aliphatic heterocycles. The second kappa shape index (κ2) is 8.20. The molecule has 140 valence electrons. The molecule has 0 heterocycles. The summed E-state index contributed by atoms with van der Waals surface area (Å²) in [6.07, 6.45) is 0. The van der Waals surface area contributed by atoms with Crippen LogP contribution >= 0.6 is 0 Å². The SMILES string of the molecule is COc1ccc(S(=O)(=O)NCc2ccc(N(C)C)cc2)cc1NC(C)=O. The number of anilines is 2. The maximum absolute atomic E-state index is 12.5. The van der Waals surface area contributed by atoms with Gasteiger partial charge >= 0.3 is 0 Å². The lowest BCUT2D eigenvalue weighted by atomic mass is 10.2. The zero-order chi connectivity index (χ0) is 19.3. The standard InChI is InChI=1S/C18H23N3O4S/c1-13(22)20-17-11-16(9-10-18(17)25-4)26(23,24)19-12-14-5-7-15(8-6-14)21(2)3/h5-11,19H,12H2,1-4H3,(H,20,22). The summed E-state index contributed by atoms with van der Waals surface area (Å²) in [6.45, 7) is 1.51. The van der Waals surface area contributed by atoms with Crippen LogP contribution in [0.25, 0.3) is 0 Å². The number of carbonyl (C=O) groups excluding carboxylic acids is 1. The lowest BCUT2D eigenvalue weighted by molar-refractivity contribution is -0.114. The molecule has 1 amide bonds. The molecule has 0 aliphatic rings. The van der Waals surface area contributed by atoms with Crippen molar-refractivity contribution in [3.8, 4) is 5.75 Å². The highest BCUT2D eigenvalue weighted by Crippen LogP contribution is 2.27. The molecule has 0 saturated carbocycles. The monoisotopic (exact) mass is 377 g/mol. The third-order valence-electron chi connectivity index (χ3n) is 3.71. The fourth-order valence-corrected chi connectivity index (χ4v) is 3.36. The van der Waals surface area contributed by atoms with E-state index >= 15 is 0 Å². The molecule has 0 bridgehead atoms. The zero-order valence-electron chi connectivity index (χ0n) is 15.2. The third-order valence-corrected chi connectivity index (χ3v) is 5.11. The Morgan fingerprint density at radius 1 is 1.12 bits per heavy atom. The van der Waals surface area contributed by atoms with Crippen LogP contribution < -0.4 is 19.7 Å². The highest BCUT2D eigenvalue weighted by Gasteiger charge is 2.17. The maximum atomic E-state index is 12.5. The van der Waals surface area contributed by atoms with Crippen LogP contribution in [0.15, 0.2) is 47.4 Å². The Morgan fingerprint density at radius 2 is 1.77 bits per heavy atom. The van der Waals surface area contributed by atoms with E-state index in [0.29, 0.717) is 11.4 Å². The first kappa shape index (κ1) is 19.7. The van der Waals surface area contributed by atoms with Gasteiger partial charge in [-0.25, -0.2) is 13.1 Å². The minimum absolute atomic E-state index is 0.0481. The number of rotatable bonds is 7. The van der Waals surface area contributed by atoms with E-state index in [9.17, 15) is 13.2 Å². The Hall–Kier alpha value is -2.58. The molecule has 2 N–H and O–H groups in total. The summed E-state index contributed by atoms with van der Waals surface area (Å²) in [7, 11) is 1.59. The molecule has 0 aliphatic carbocycles. The molecule has 0 aromatic heterocycles. The Morgan fingerprint density at radius 3 is 2.31 bits per heavy atom. The van der Waals surface area contributed by atoms with Crippen LogP contribution in [-0.2, 0) is 21.4 Å². The highest BCUT2D eigenvalue weighted by atomic mass is 32.2. The number of benzene rings is 2. The van der Waals surface area contributed by atoms with E-state index in [1.165, 1.54) is 32.2 Å². The maximum Gasteiger partial charge on any atom is 0.240 e. The summed E-state index contributed by atoms with van der Waals surface area (Å²) in [4.78, 5) is 13.3. The number of carbonyl (C=O) groups is 1. The van der Waals surface area contributed by atoms with E-state index in [1.807, 2.05) is 43.3 Å². The number of sulfonamides is 1. The van der Waals surface area contributed by atoms with Crippen LogP contribution in [0, 0.1) is 0 Å². The van der Waals surface area contributed by atoms with Crippen molar-refractivity contribution in [1.29, 1.82) is 0 Å². The van der Waals surface area contributed by atoms with Gasteiger partial charge in [0.05, 0.1) is 17.7 Å². The van der Waals surface area contributed by atoms with Crippen molar-refractivity contribution >= 4 is 27.3 Å². The second-order valence-electron chi connectivity index (χ2n) is 5.93. The highest BCUT2D eigenvalue weighted by molar-refractivity contribution is 7.89. The largest absolute Gasteiger partial charge is 0.495 e. The minimum Gasteiger partial charge on any atom is -0.495 e. The average Bonchev–Trinajstić information content (AvgIpc) is 2.60. The molecule has 0 atom stereocenters. The molecule has 7 nitrogen and oxygen atoms in total. The van der Waals surface area contributed by atoms with Crippen LogP contribution in [0.3, 0.4) is 0 Å². The Kier molecular flexibility index (Phi) is 6.23. The molecular weight excluding hydrogens is 354 g/mol. The van der Waals surface area contributed by atoms with Gasteiger partial charge in [-0.3, -0.25) is 4.79 Å². The first-order valence-corrected chi connectivity index (χ1v) is 9.43. The molecule has 2 rings (SSSR count). The summed E-state index contributed by atoms with van der Waals surface area (Å²) >= 11 is 0. The van der Waals surface area contributed by atoms with Crippen molar-refractivity contribution in [2.24, 2.45) is 0 Å². The van der Waals surface area contributed by atoms with E-state index in [0.717, 1.165) is 11.3 Å². The summed E-state index contributed by atoms with van der Waals surface area (Å²) in [6, 6.07) is 11.9. The summed E-state index contributed by atoms with van der Waals surface area (Å²) in [5, 5.41) is 2.57. The zero-order valence-corrected chi connectivity index (χ0v) is 16.1. The molecule has 2 aromatic carbocycles. The Bertz CT molecular complexity index is 878. The van der Waals surface area contributed by atoms with Crippen molar-refractivity contribution in [3.63, 3.8) is 0 Å². The smallest absolute Gasteiger partial charge is 0.240 e. The Balaban J connectivity index is 2.17. The van der Waals surface area contributed by atoms with Crippen LogP contribution in [-0.4, -0.2) is 35.5 Å².